The van der Waals surface area contributed by atoms with Crippen LogP contribution in [-0.4, -0.2) is 70.6 Å². The van der Waals surface area contributed by atoms with E-state index in [9.17, 15) is 24.3 Å². The number of hydrogen-bond acceptors (Lipinski definition) is 8. The SMILES string of the molecule is CCC(C)[C@@H]1NC(=O)C2CSSCC/C=C/[C@H](CC(=O)N[C@@H](C)C(=O)N2)OC(=O)C[C@@H]1O. The second kappa shape index (κ2) is 13.1. The van der Waals surface area contributed by atoms with Crippen LogP contribution in [0.15, 0.2) is 12.2 Å². The van der Waals surface area contributed by atoms with Crippen LogP contribution in [-0.2, 0) is 23.9 Å². The number of carbonyl (C=O) groups excluding carboxylic acids is 4. The Kier molecular flexibility index (Phi) is 10.9. The van der Waals surface area contributed by atoms with Crippen molar-refractivity contribution in [2.24, 2.45) is 5.92 Å². The van der Waals surface area contributed by atoms with Gasteiger partial charge in [0, 0.05) is 11.5 Å². The fourth-order valence-electron chi connectivity index (χ4n) is 3.37. The molecule has 2 bridgehead atoms. The van der Waals surface area contributed by atoms with E-state index in [2.05, 4.69) is 16.0 Å². The summed E-state index contributed by atoms with van der Waals surface area (Å²) in [5.41, 5.74) is 0. The Bertz CT molecular complexity index is 720. The van der Waals surface area contributed by atoms with Crippen molar-refractivity contribution in [1.29, 1.82) is 0 Å². The molecule has 0 spiro atoms. The number of allylic oxidation sites excluding steroid dienone is 1. The molecule has 180 valence electrons. The Balaban J connectivity index is 2.43. The zero-order valence-corrected chi connectivity index (χ0v) is 20.3. The number of aliphatic hydroxyl groups excluding tert-OH is 1. The second-order valence-electron chi connectivity index (χ2n) is 8.10. The first kappa shape index (κ1) is 26.5. The molecule has 2 heterocycles. The van der Waals surface area contributed by atoms with Gasteiger partial charge >= 0.3 is 5.97 Å². The van der Waals surface area contributed by atoms with Gasteiger partial charge in [0.2, 0.25) is 17.7 Å². The van der Waals surface area contributed by atoms with Gasteiger partial charge in [-0.2, -0.15) is 0 Å². The summed E-state index contributed by atoms with van der Waals surface area (Å²) in [7, 11) is 3.03. The number of aliphatic hydroxyl groups is 1. The van der Waals surface area contributed by atoms with Gasteiger partial charge in [-0.05, 0) is 25.3 Å². The topological polar surface area (TPSA) is 134 Å². The highest BCUT2D eigenvalue weighted by Gasteiger charge is 2.33. The van der Waals surface area contributed by atoms with Crippen LogP contribution < -0.4 is 16.0 Å². The fraction of sp³-hybridized carbons (Fsp3) is 0.714. The third kappa shape index (κ3) is 8.32. The van der Waals surface area contributed by atoms with Crippen molar-refractivity contribution in [3.63, 3.8) is 0 Å². The molecule has 9 nitrogen and oxygen atoms in total. The molecule has 1 saturated heterocycles. The lowest BCUT2D eigenvalue weighted by Crippen LogP contribution is -2.57. The summed E-state index contributed by atoms with van der Waals surface area (Å²) in [6.45, 7) is 5.33. The summed E-state index contributed by atoms with van der Waals surface area (Å²) in [6, 6.07) is -2.42. The van der Waals surface area contributed by atoms with Crippen molar-refractivity contribution in [2.45, 2.75) is 76.8 Å². The van der Waals surface area contributed by atoms with E-state index in [1.165, 1.54) is 17.7 Å². The van der Waals surface area contributed by atoms with Crippen LogP contribution in [0.25, 0.3) is 0 Å². The molecule has 4 N–H and O–H groups in total. The monoisotopic (exact) mass is 487 g/mol. The Morgan fingerprint density at radius 2 is 1.88 bits per heavy atom. The number of amides is 3. The summed E-state index contributed by atoms with van der Waals surface area (Å²) in [6.07, 6.45) is 2.41. The van der Waals surface area contributed by atoms with Crippen LogP contribution >= 0.6 is 21.6 Å². The van der Waals surface area contributed by atoms with Crippen LogP contribution in [0.4, 0.5) is 0 Å². The molecule has 2 aliphatic heterocycles. The maximum absolute atomic E-state index is 13.1. The lowest BCUT2D eigenvalue weighted by atomic mass is 9.92. The van der Waals surface area contributed by atoms with Gasteiger partial charge in [-0.15, -0.1) is 0 Å². The quantitative estimate of drug-likeness (QED) is 0.257. The number of esters is 1. The van der Waals surface area contributed by atoms with E-state index < -0.39 is 54.0 Å². The van der Waals surface area contributed by atoms with Crippen molar-refractivity contribution in [3.05, 3.63) is 12.2 Å². The van der Waals surface area contributed by atoms with E-state index in [1.807, 2.05) is 19.9 Å². The van der Waals surface area contributed by atoms with Crippen LogP contribution in [0.3, 0.4) is 0 Å². The van der Waals surface area contributed by atoms with Gasteiger partial charge < -0.3 is 25.8 Å². The molecule has 0 aromatic heterocycles. The first-order valence-electron chi connectivity index (χ1n) is 10.9. The molecule has 3 amide bonds. The van der Waals surface area contributed by atoms with Gasteiger partial charge in [-0.1, -0.05) is 47.9 Å². The van der Waals surface area contributed by atoms with Crippen molar-refractivity contribution in [3.8, 4) is 0 Å². The Labute approximate surface area is 196 Å². The molecule has 2 aliphatic rings. The maximum atomic E-state index is 13.1. The molecule has 11 heteroatoms. The van der Waals surface area contributed by atoms with Crippen LogP contribution in [0.5, 0.6) is 0 Å². The Morgan fingerprint density at radius 3 is 2.59 bits per heavy atom. The fourth-order valence-corrected chi connectivity index (χ4v) is 5.52. The molecule has 2 unspecified atom stereocenters. The number of fused-ring (bicyclic) bond motifs is 7. The minimum atomic E-state index is -1.17. The summed E-state index contributed by atoms with van der Waals surface area (Å²) in [4.78, 5) is 50.7. The van der Waals surface area contributed by atoms with Crippen molar-refractivity contribution in [2.75, 3.05) is 11.5 Å². The van der Waals surface area contributed by atoms with E-state index in [-0.39, 0.29) is 18.8 Å². The lowest BCUT2D eigenvalue weighted by molar-refractivity contribution is -0.151. The van der Waals surface area contributed by atoms with Crippen molar-refractivity contribution < 1.29 is 29.0 Å². The van der Waals surface area contributed by atoms with Gasteiger partial charge in [0.15, 0.2) is 0 Å². The highest BCUT2D eigenvalue weighted by atomic mass is 33.1. The van der Waals surface area contributed by atoms with Crippen molar-refractivity contribution >= 4 is 45.3 Å². The van der Waals surface area contributed by atoms with E-state index >= 15 is 0 Å². The Hall–Kier alpha value is -1.72. The zero-order chi connectivity index (χ0) is 23.7. The summed E-state index contributed by atoms with van der Waals surface area (Å²) in [5.74, 6) is -1.09. The van der Waals surface area contributed by atoms with Crippen LogP contribution in [0.2, 0.25) is 0 Å². The van der Waals surface area contributed by atoms with Crippen LogP contribution in [0.1, 0.15) is 46.5 Å². The molecule has 0 aromatic rings. The largest absolute Gasteiger partial charge is 0.457 e. The second-order valence-corrected chi connectivity index (χ2v) is 10.7. The standard InChI is InChI=1S/C21H33N3O6S2/c1-4-12(2)19-16(25)10-18(27)30-14-7-5-6-8-31-32-11-15(21(29)24-19)23-20(28)13(3)22-17(26)9-14/h5,7,12-16,19,25H,4,6,8-11H2,1-3H3,(H,22,26)(H,23,28)(H,24,29)/b7-5+/t12?,13-,14+,15?,16-,19-/m0/s1. The van der Waals surface area contributed by atoms with Crippen molar-refractivity contribution in [1.82, 2.24) is 16.0 Å². The first-order chi connectivity index (χ1) is 15.2. The summed E-state index contributed by atoms with van der Waals surface area (Å²) < 4.78 is 5.46. The van der Waals surface area contributed by atoms with Gasteiger partial charge in [-0.25, -0.2) is 0 Å². The molecule has 0 saturated carbocycles. The molecule has 6 atom stereocenters. The molecule has 0 radical (unpaired) electrons. The van der Waals surface area contributed by atoms with E-state index in [0.717, 1.165) is 5.75 Å². The average Bonchev–Trinajstić information content (AvgIpc) is 2.73. The van der Waals surface area contributed by atoms with Gasteiger partial charge in [-0.3, -0.25) is 19.2 Å². The van der Waals surface area contributed by atoms with Gasteiger partial charge in [0.05, 0.1) is 25.0 Å². The molecular weight excluding hydrogens is 454 g/mol. The highest BCUT2D eigenvalue weighted by molar-refractivity contribution is 8.76. The Morgan fingerprint density at radius 1 is 1.12 bits per heavy atom. The highest BCUT2D eigenvalue weighted by Crippen LogP contribution is 2.24. The molecule has 0 aromatic carbocycles. The number of nitrogens with one attached hydrogen (secondary N) is 3. The number of hydrogen-bond donors (Lipinski definition) is 4. The summed E-state index contributed by atoms with van der Waals surface area (Å²) >= 11 is 0. The molecule has 0 aliphatic carbocycles. The minimum Gasteiger partial charge on any atom is -0.457 e. The third-order valence-corrected chi connectivity index (χ3v) is 7.91. The first-order valence-corrected chi connectivity index (χ1v) is 13.4. The predicted molar refractivity (Wildman–Crippen MR) is 125 cm³/mol. The van der Waals surface area contributed by atoms with Gasteiger partial charge in [0.1, 0.15) is 18.2 Å². The molecule has 32 heavy (non-hydrogen) atoms. The minimum absolute atomic E-state index is 0.118. The van der Waals surface area contributed by atoms with E-state index in [0.29, 0.717) is 18.6 Å². The van der Waals surface area contributed by atoms with Crippen LogP contribution in [0, 0.1) is 5.92 Å². The van der Waals surface area contributed by atoms with E-state index in [1.54, 1.807) is 16.9 Å². The number of carbonyl (C=O) groups is 4. The average molecular weight is 488 g/mol. The predicted octanol–water partition coefficient (Wildman–Crippen LogP) is 0.915. The summed E-state index contributed by atoms with van der Waals surface area (Å²) in [5, 5.41) is 18.9. The molecule has 1 fully saturated rings. The van der Waals surface area contributed by atoms with E-state index in [4.69, 9.17) is 4.74 Å². The lowest BCUT2D eigenvalue weighted by Gasteiger charge is -2.30. The zero-order valence-electron chi connectivity index (χ0n) is 18.7. The third-order valence-electron chi connectivity index (χ3n) is 5.47. The van der Waals surface area contributed by atoms with Gasteiger partial charge in [0.25, 0.3) is 0 Å². The number of rotatable bonds is 2. The smallest absolute Gasteiger partial charge is 0.309 e. The number of ether oxygens (including phenoxy) is 1. The normalized spacial score (nSPS) is 33.3. The molecular formula is C21H33N3O6S2. The maximum Gasteiger partial charge on any atom is 0.309 e. The molecule has 2 rings (SSSR count).